The average Bonchev–Trinajstić information content (AvgIpc) is 2.77. The van der Waals surface area contributed by atoms with E-state index >= 15 is 0 Å². The van der Waals surface area contributed by atoms with Crippen LogP contribution in [0.4, 0.5) is 17.6 Å². The lowest BCUT2D eigenvalue weighted by Crippen LogP contribution is -2.19. The second-order valence-electron chi connectivity index (χ2n) is 4.25. The molecule has 0 saturated carbocycles. The molecular weight excluding hydrogens is 286 g/mol. The molecule has 1 aliphatic rings. The number of nitrogens with zero attached hydrogens (tertiary/aromatic N) is 1. The number of benzene rings is 1. The standard InChI is InChI=1S/C12H10ClF4NO/c1-6(13)11-5-10(18-19-11)8-3-2-7(14)4-9(8)12(15,16)17/h2-4,6,11H,5H2,1H3. The van der Waals surface area contributed by atoms with Crippen molar-refractivity contribution in [1.29, 1.82) is 0 Å². The van der Waals surface area contributed by atoms with Gasteiger partial charge in [0.15, 0.2) is 0 Å². The second-order valence-corrected chi connectivity index (χ2v) is 4.94. The Hall–Kier alpha value is -1.30. The lowest BCUT2D eigenvalue weighted by molar-refractivity contribution is -0.137. The predicted octanol–water partition coefficient (Wildman–Crippen LogP) is 3.96. The molecule has 1 heterocycles. The van der Waals surface area contributed by atoms with E-state index in [1.807, 2.05) is 0 Å². The van der Waals surface area contributed by atoms with Crippen LogP contribution in [0.2, 0.25) is 0 Å². The molecule has 0 amide bonds. The largest absolute Gasteiger partial charge is 0.417 e. The van der Waals surface area contributed by atoms with Gasteiger partial charge in [-0.3, -0.25) is 0 Å². The van der Waals surface area contributed by atoms with E-state index in [4.69, 9.17) is 16.4 Å². The fraction of sp³-hybridized carbons (Fsp3) is 0.417. The van der Waals surface area contributed by atoms with Gasteiger partial charge < -0.3 is 4.84 Å². The van der Waals surface area contributed by atoms with E-state index in [1.165, 1.54) is 0 Å². The molecule has 7 heteroatoms. The first-order valence-electron chi connectivity index (χ1n) is 5.53. The SMILES string of the molecule is CC(Cl)C1CC(c2ccc(F)cc2C(F)(F)F)=NO1. The number of oxime groups is 1. The fourth-order valence-electron chi connectivity index (χ4n) is 1.80. The molecular formula is C12H10ClF4NO. The Morgan fingerprint density at radius 1 is 1.42 bits per heavy atom. The highest BCUT2D eigenvalue weighted by molar-refractivity contribution is 6.21. The van der Waals surface area contributed by atoms with E-state index in [1.54, 1.807) is 6.92 Å². The topological polar surface area (TPSA) is 21.6 Å². The van der Waals surface area contributed by atoms with E-state index in [-0.39, 0.29) is 23.1 Å². The van der Waals surface area contributed by atoms with Gasteiger partial charge in [-0.15, -0.1) is 11.6 Å². The molecule has 2 rings (SSSR count). The highest BCUT2D eigenvalue weighted by Crippen LogP contribution is 2.34. The van der Waals surface area contributed by atoms with Gasteiger partial charge in [0.1, 0.15) is 11.9 Å². The maximum Gasteiger partial charge on any atom is 0.417 e. The molecule has 2 atom stereocenters. The maximum atomic E-state index is 13.0. The Morgan fingerprint density at radius 2 is 2.11 bits per heavy atom. The Balaban J connectivity index is 2.36. The number of alkyl halides is 4. The first kappa shape index (κ1) is 14.1. The Kier molecular flexibility index (Phi) is 3.71. The first-order chi connectivity index (χ1) is 8.79. The van der Waals surface area contributed by atoms with Crippen molar-refractivity contribution in [3.63, 3.8) is 0 Å². The van der Waals surface area contributed by atoms with E-state index in [0.29, 0.717) is 6.07 Å². The average molecular weight is 296 g/mol. The van der Waals surface area contributed by atoms with Crippen molar-refractivity contribution >= 4 is 17.3 Å². The van der Waals surface area contributed by atoms with Gasteiger partial charge in [0.25, 0.3) is 0 Å². The van der Waals surface area contributed by atoms with Crippen LogP contribution in [0.3, 0.4) is 0 Å². The maximum absolute atomic E-state index is 13.0. The van der Waals surface area contributed by atoms with Crippen molar-refractivity contribution in [3.05, 3.63) is 35.1 Å². The molecule has 0 aromatic heterocycles. The Morgan fingerprint density at radius 3 is 2.63 bits per heavy atom. The lowest BCUT2D eigenvalue weighted by Gasteiger charge is -2.13. The molecule has 0 spiro atoms. The minimum Gasteiger partial charge on any atom is -0.390 e. The molecule has 0 saturated heterocycles. The van der Waals surface area contributed by atoms with Crippen molar-refractivity contribution in [1.82, 2.24) is 0 Å². The van der Waals surface area contributed by atoms with E-state index < -0.39 is 23.7 Å². The summed E-state index contributed by atoms with van der Waals surface area (Å²) in [5.41, 5.74) is -1.10. The molecule has 104 valence electrons. The second kappa shape index (κ2) is 5.00. The van der Waals surface area contributed by atoms with Gasteiger partial charge >= 0.3 is 6.18 Å². The normalized spacial score (nSPS) is 20.9. The highest BCUT2D eigenvalue weighted by Gasteiger charge is 2.37. The predicted molar refractivity (Wildman–Crippen MR) is 62.7 cm³/mol. The van der Waals surface area contributed by atoms with Crippen LogP contribution in [0.5, 0.6) is 0 Å². The lowest BCUT2D eigenvalue weighted by atomic mass is 9.98. The molecule has 0 N–H and O–H groups in total. The van der Waals surface area contributed by atoms with Gasteiger partial charge in [-0.1, -0.05) is 5.16 Å². The molecule has 0 bridgehead atoms. The summed E-state index contributed by atoms with van der Waals surface area (Å²) in [4.78, 5) is 4.97. The third kappa shape index (κ3) is 3.00. The summed E-state index contributed by atoms with van der Waals surface area (Å²) in [6, 6.07) is 2.47. The summed E-state index contributed by atoms with van der Waals surface area (Å²) in [6.07, 6.45) is -4.95. The number of rotatable bonds is 2. The van der Waals surface area contributed by atoms with E-state index in [9.17, 15) is 17.6 Å². The molecule has 1 aromatic carbocycles. The van der Waals surface area contributed by atoms with Gasteiger partial charge in [0.2, 0.25) is 0 Å². The number of halogens is 5. The van der Waals surface area contributed by atoms with Gasteiger partial charge in [-0.05, 0) is 25.1 Å². The van der Waals surface area contributed by atoms with Crippen molar-refractivity contribution < 1.29 is 22.4 Å². The molecule has 1 aromatic rings. The number of hydrogen-bond acceptors (Lipinski definition) is 2. The molecule has 0 aliphatic carbocycles. The quantitative estimate of drug-likeness (QED) is 0.598. The molecule has 2 nitrogen and oxygen atoms in total. The molecule has 0 fully saturated rings. The van der Waals surface area contributed by atoms with E-state index in [2.05, 4.69) is 5.16 Å². The van der Waals surface area contributed by atoms with Gasteiger partial charge in [0, 0.05) is 12.0 Å². The first-order valence-corrected chi connectivity index (χ1v) is 5.96. The third-order valence-electron chi connectivity index (χ3n) is 2.80. The van der Waals surface area contributed by atoms with Crippen molar-refractivity contribution in [2.75, 3.05) is 0 Å². The fourth-order valence-corrected chi connectivity index (χ4v) is 1.94. The van der Waals surface area contributed by atoms with Crippen LogP contribution in [-0.2, 0) is 11.0 Å². The zero-order valence-electron chi connectivity index (χ0n) is 9.84. The summed E-state index contributed by atoms with van der Waals surface area (Å²) in [7, 11) is 0. The van der Waals surface area contributed by atoms with E-state index in [0.717, 1.165) is 12.1 Å². The van der Waals surface area contributed by atoms with Crippen LogP contribution in [-0.4, -0.2) is 17.2 Å². The van der Waals surface area contributed by atoms with Gasteiger partial charge in [0.05, 0.1) is 16.7 Å². The summed E-state index contributed by atoms with van der Waals surface area (Å²) in [6.45, 7) is 1.67. The smallest absolute Gasteiger partial charge is 0.390 e. The van der Waals surface area contributed by atoms with Crippen molar-refractivity contribution in [2.45, 2.75) is 31.0 Å². The van der Waals surface area contributed by atoms with Crippen LogP contribution in [0.25, 0.3) is 0 Å². The van der Waals surface area contributed by atoms with Crippen molar-refractivity contribution in [3.8, 4) is 0 Å². The van der Waals surface area contributed by atoms with Crippen LogP contribution >= 0.6 is 11.6 Å². The monoisotopic (exact) mass is 295 g/mol. The third-order valence-corrected chi connectivity index (χ3v) is 3.08. The van der Waals surface area contributed by atoms with Crippen LogP contribution < -0.4 is 0 Å². The van der Waals surface area contributed by atoms with Gasteiger partial charge in [-0.2, -0.15) is 13.2 Å². The van der Waals surface area contributed by atoms with Gasteiger partial charge in [-0.25, -0.2) is 4.39 Å². The highest BCUT2D eigenvalue weighted by atomic mass is 35.5. The zero-order chi connectivity index (χ0) is 14.2. The summed E-state index contributed by atoms with van der Waals surface area (Å²) in [5, 5.41) is 3.24. The van der Waals surface area contributed by atoms with Crippen LogP contribution in [0.1, 0.15) is 24.5 Å². The molecule has 1 aliphatic heterocycles. The number of hydrogen-bond donors (Lipinski definition) is 0. The summed E-state index contributed by atoms with van der Waals surface area (Å²) in [5.74, 6) is -0.946. The summed E-state index contributed by atoms with van der Waals surface area (Å²) >= 11 is 5.81. The zero-order valence-corrected chi connectivity index (χ0v) is 10.6. The minimum atomic E-state index is -4.65. The van der Waals surface area contributed by atoms with Crippen LogP contribution in [0.15, 0.2) is 23.4 Å². The molecule has 19 heavy (non-hydrogen) atoms. The van der Waals surface area contributed by atoms with Crippen LogP contribution in [0, 0.1) is 5.82 Å². The summed E-state index contributed by atoms with van der Waals surface area (Å²) < 4.78 is 51.5. The molecule has 2 unspecified atom stereocenters. The Bertz CT molecular complexity index is 513. The van der Waals surface area contributed by atoms with Crippen molar-refractivity contribution in [2.24, 2.45) is 5.16 Å². The molecule has 0 radical (unpaired) electrons. The Labute approximate surface area is 112 Å². The minimum absolute atomic E-state index is 0.129.